The Morgan fingerprint density at radius 3 is 1.40 bits per heavy atom. The van der Waals surface area contributed by atoms with Gasteiger partial charge in [-0.15, -0.1) is 0 Å². The molecule has 3 aromatic rings. The molecule has 20 N–H and O–H groups in total. The summed E-state index contributed by atoms with van der Waals surface area (Å²) >= 11 is 2.01. The summed E-state index contributed by atoms with van der Waals surface area (Å²) in [4.78, 5) is 99.5. The van der Waals surface area contributed by atoms with E-state index in [1.54, 1.807) is 19.4 Å². The number of nitrogens with two attached hydrogens (primary N) is 2. The van der Waals surface area contributed by atoms with Crippen LogP contribution in [0, 0.1) is 17.8 Å². The van der Waals surface area contributed by atoms with Crippen molar-refractivity contribution in [2.24, 2.45) is 17.4 Å². The van der Waals surface area contributed by atoms with Crippen molar-refractivity contribution in [2.45, 2.75) is 184 Å². The number of allylic oxidation sites excluding steroid dienone is 3. The van der Waals surface area contributed by atoms with Gasteiger partial charge in [-0.25, -0.2) is 18.5 Å². The smallest absolute Gasteiger partial charge is 0.490 e. The molecule has 38 nitrogen and oxygen atoms in total. The number of methoxy groups -OCH3 is 1. The minimum atomic E-state index is -5.71. The summed E-state index contributed by atoms with van der Waals surface area (Å²) in [6.07, 6.45) is -2.60. The fourth-order valence-corrected chi connectivity index (χ4v) is 18.4. The number of carbonyl (C=O) groups is 5. The first kappa shape index (κ1) is 104. The number of urea groups is 1. The molecule has 0 spiro atoms. The molecule has 8 heterocycles. The molecule has 3 aromatic carbocycles. The minimum absolute atomic E-state index is 0. The number of nitrogens with zero attached hydrogens (tertiary/aromatic N) is 4. The maximum atomic E-state index is 12.3. The molecule has 0 aromatic heterocycles. The summed E-state index contributed by atoms with van der Waals surface area (Å²) in [5.74, 6) is 4.76. The van der Waals surface area contributed by atoms with E-state index in [9.17, 15) is 83.4 Å². The second kappa shape index (κ2) is 47.7. The van der Waals surface area contributed by atoms with Gasteiger partial charge in [0, 0.05) is 85.7 Å². The fraction of sp³-hybridized carbons (Fsp3) is 0.473. The summed E-state index contributed by atoms with van der Waals surface area (Å²) in [6, 6.07) is 30.5. The van der Waals surface area contributed by atoms with Crippen LogP contribution in [0.25, 0.3) is 0 Å². The monoisotopic (exact) mass is 1940 g/mol. The molecule has 22 unspecified atom stereocenters. The summed E-state index contributed by atoms with van der Waals surface area (Å²) in [7, 11) is -15.6. The average molecular weight is 1940 g/mol. The number of amides is 5. The molecule has 658 valence electrons. The summed E-state index contributed by atoms with van der Waals surface area (Å²) < 4.78 is 71.7. The van der Waals surface area contributed by atoms with Gasteiger partial charge in [0.15, 0.2) is 24.9 Å². The van der Waals surface area contributed by atoms with Crippen LogP contribution in [0.3, 0.4) is 0 Å². The molecule has 118 heavy (non-hydrogen) atoms. The van der Waals surface area contributed by atoms with Crippen LogP contribution in [0.4, 0.5) is 4.79 Å². The first-order valence-corrected chi connectivity index (χ1v) is 42.0. The third kappa shape index (κ3) is 27.8. The number of halogens is 1. The Morgan fingerprint density at radius 2 is 0.966 bits per heavy atom. The number of ether oxygens (including phenoxy) is 5. The van der Waals surface area contributed by atoms with Crippen LogP contribution in [0.1, 0.15) is 67.7 Å². The molecular weight excluding hydrogens is 1840 g/mol. The third-order valence-corrected chi connectivity index (χ3v) is 25.7. The van der Waals surface area contributed by atoms with E-state index in [-0.39, 0.29) is 103 Å². The first-order chi connectivity index (χ1) is 53.9. The van der Waals surface area contributed by atoms with Gasteiger partial charge in [0.25, 0.3) is 0 Å². The Bertz CT molecular complexity index is 4150. The first-order valence-electron chi connectivity index (χ1n) is 35.1. The molecule has 4 fully saturated rings. The van der Waals surface area contributed by atoms with Gasteiger partial charge in [-0.3, -0.25) is 43.3 Å². The third-order valence-electron chi connectivity index (χ3n) is 18.3. The van der Waals surface area contributed by atoms with Gasteiger partial charge < -0.3 is 116 Å². The number of carbonyl (C=O) groups excluding carboxylic acids is 5. The van der Waals surface area contributed by atoms with Gasteiger partial charge in [0.2, 0.25) is 17.7 Å². The number of nitrogens with one attached hydrogen (secondary N) is 1. The molecule has 44 heteroatoms. The molecule has 4 saturated heterocycles. The van der Waals surface area contributed by atoms with E-state index in [2.05, 4.69) is 133 Å². The van der Waals surface area contributed by atoms with Crippen LogP contribution >= 0.6 is 54.0 Å². The van der Waals surface area contributed by atoms with Gasteiger partial charge in [-0.05, 0) is 83.3 Å². The van der Waals surface area contributed by atoms with Crippen molar-refractivity contribution in [1.82, 2.24) is 24.9 Å². The zero-order valence-electron chi connectivity index (χ0n) is 61.3. The second-order valence-electron chi connectivity index (χ2n) is 26.5. The zero-order chi connectivity index (χ0) is 83.7. The quantitative estimate of drug-likeness (QED) is 0.0253. The number of rotatable bonds is 19. The van der Waals surface area contributed by atoms with Crippen molar-refractivity contribution < 1.29 is 171 Å². The van der Waals surface area contributed by atoms with E-state index >= 15 is 0 Å². The van der Waals surface area contributed by atoms with E-state index in [1.165, 1.54) is 57.5 Å². The van der Waals surface area contributed by atoms with Crippen molar-refractivity contribution in [2.75, 3.05) is 33.5 Å². The van der Waals surface area contributed by atoms with Gasteiger partial charge >= 0.3 is 29.5 Å². The maximum absolute atomic E-state index is 12.3. The van der Waals surface area contributed by atoms with Crippen molar-refractivity contribution in [1.29, 1.82) is 0 Å². The molecule has 10 aliphatic rings. The topological polar surface area (TPSA) is 591 Å². The van der Waals surface area contributed by atoms with Crippen molar-refractivity contribution in [3.05, 3.63) is 173 Å². The standard InChI is InChI=1S/C18H15P.C15H20N2O6.C13H17NO5.C12H19N2O14P3.C10H15IN2O5.C3H6O.3CH4.Pd/c1-4-10-16(11-5-1)19(17-12-6-2-7-13-17)18-14-8-3-9-15-18;1-8(19)3-2-4-9-6-17(12(20)5-10(9)16)15-14(22)13(21)11(7-18)23-15;15-6-9-11(17)12(18)13(19-9)14-5-8-3-1-2-7(8)4-10(14)16;15-9-8(5-25-30(21,22)28-31(23,24)27-29(18,19)20)26-11(10(9)16)14-4-6-2-1-3-7(6)13-12(14)17;11-4-2-13(7(15)1-5(4)12)10-9(17)8(16)6(3-14)18-10;1-3-4-2;;;;/h1-15H;6,10-11,13-15,18,21-22H,3,5,7,16H2,1H3;1,3,5,7,9,11-13,15,17-18H,2,4,6H2;1-2,4,7-11,15-16H,3,5H2,(H,13,17)(H,21,22)(H,23,24)(H2,18,19,20);2,5-6,8-10,14,16-17H,1,3,12H2;3H,1H2,2H3;3*1H4;. The number of hydrogen-bond donors (Lipinski definition) is 18. The number of phosphoric acid groups is 3. The van der Waals surface area contributed by atoms with E-state index in [0.29, 0.717) is 18.4 Å². The summed E-state index contributed by atoms with van der Waals surface area (Å²) in [5, 5.41) is 113. The number of aliphatic hydroxyl groups excluding tert-OH is 11. The maximum Gasteiger partial charge on any atom is 0.490 e. The summed E-state index contributed by atoms with van der Waals surface area (Å²) in [5.41, 5.74) is 13.8. The largest absolute Gasteiger partial charge is 0.505 e. The van der Waals surface area contributed by atoms with Crippen molar-refractivity contribution in [3.63, 3.8) is 0 Å². The Hall–Kier alpha value is -5.90. The molecule has 22 atom stereocenters. The van der Waals surface area contributed by atoms with E-state index in [1.807, 2.05) is 40.8 Å². The van der Waals surface area contributed by atoms with Crippen molar-refractivity contribution in [3.8, 4) is 11.8 Å². The number of aliphatic hydroxyl groups is 11. The predicted molar refractivity (Wildman–Crippen MR) is 431 cm³/mol. The molecule has 0 bridgehead atoms. The predicted octanol–water partition coefficient (Wildman–Crippen LogP) is 0.371. The Balaban J connectivity index is 0.000000308. The van der Waals surface area contributed by atoms with Crippen LogP contribution < -0.4 is 32.7 Å². The molecule has 5 amide bonds. The molecule has 0 radical (unpaired) electrons. The number of fused-ring (bicyclic) bond motifs is 2. The molecule has 0 saturated carbocycles. The van der Waals surface area contributed by atoms with Crippen LogP contribution in [-0.2, 0) is 90.1 Å². The van der Waals surface area contributed by atoms with Crippen molar-refractivity contribution >= 4 is 99.4 Å². The number of ketones is 1. The summed E-state index contributed by atoms with van der Waals surface area (Å²) in [6.45, 7) is 2.40. The normalized spacial score (nSPS) is 30.6. The zero-order valence-corrected chi connectivity index (χ0v) is 68.6. The number of Topliss-reactive ketones (excluding diaryl/α,β-unsaturated/α-hetero) is 1. The number of benzene rings is 3. The van der Waals surface area contributed by atoms with Gasteiger partial charge in [-0.1, -0.05) is 156 Å². The van der Waals surface area contributed by atoms with Crippen LogP contribution in [0.2, 0.25) is 0 Å². The fourth-order valence-electron chi connectivity index (χ4n) is 12.6. The molecule has 13 rings (SSSR count). The van der Waals surface area contributed by atoms with Crippen LogP contribution in [0.15, 0.2) is 173 Å². The van der Waals surface area contributed by atoms with E-state index in [4.69, 9.17) is 60.4 Å². The van der Waals surface area contributed by atoms with E-state index in [0.717, 1.165) is 30.9 Å². The molecular formula is C74H104IN7O31P4Pd. The van der Waals surface area contributed by atoms with Gasteiger partial charge in [0.1, 0.15) is 79.0 Å². The Labute approximate surface area is 710 Å². The average Bonchev–Trinajstić information content (AvgIpc) is 1.70. The van der Waals surface area contributed by atoms with Gasteiger partial charge in [-0.2, -0.15) is 8.62 Å². The van der Waals surface area contributed by atoms with Crippen LogP contribution in [-0.4, -0.2) is 275 Å². The number of hydrogen-bond acceptors (Lipinski definition) is 29. The minimum Gasteiger partial charge on any atom is -0.505 e. The van der Waals surface area contributed by atoms with E-state index < -0.39 is 168 Å². The second-order valence-corrected chi connectivity index (χ2v) is 34.4. The Kier molecular flexibility index (Phi) is 42.2. The number of phosphoric ester groups is 1. The van der Waals surface area contributed by atoms with Crippen LogP contribution in [0.5, 0.6) is 0 Å². The Morgan fingerprint density at radius 1 is 0.576 bits per heavy atom. The molecule has 8 aliphatic heterocycles. The molecule has 2 aliphatic carbocycles. The van der Waals surface area contributed by atoms with Gasteiger partial charge in [0.05, 0.1) is 52.3 Å². The SMILES string of the molecule is C.C.C.C=COC.CC(=O)CC#CC1=CN(C2OC(CO)C(O)C2O)C(=O)CC1N.NC1CC(=O)N(C2OC(CO)C(O)C2O)C=C1I.O=C1CC2CC=CC2=CN1C1OC(CO)C(O)C1O.O=C1NC2CC=CC2=CN1C1OC(COP(=O)(O)OP(=O)(O)OP(=O)(O)O)C(O)C1O.[Pd].c1ccc(P(c2ccccc2)c2ccccc2)cc1.